The van der Waals surface area contributed by atoms with E-state index in [0.29, 0.717) is 11.6 Å². The molecule has 162 valence electrons. The molecule has 1 aliphatic rings. The Balaban J connectivity index is 1.73. The molecule has 0 bridgehead atoms. The van der Waals surface area contributed by atoms with Crippen molar-refractivity contribution in [2.24, 2.45) is 5.92 Å². The number of hydrogen-bond acceptors (Lipinski definition) is 3. The van der Waals surface area contributed by atoms with Crippen molar-refractivity contribution in [3.63, 3.8) is 0 Å². The van der Waals surface area contributed by atoms with E-state index in [4.69, 9.17) is 11.6 Å². The zero-order valence-electron chi connectivity index (χ0n) is 18.2. The van der Waals surface area contributed by atoms with Crippen molar-refractivity contribution in [2.45, 2.75) is 52.5 Å². The number of carbonyl (C=O) groups is 3. The molecule has 4 nitrogen and oxygen atoms in total. The summed E-state index contributed by atoms with van der Waals surface area (Å²) in [7, 11) is 0. The zero-order valence-corrected chi connectivity index (χ0v) is 19.0. The molecule has 2 aromatic carbocycles. The van der Waals surface area contributed by atoms with E-state index in [9.17, 15) is 14.4 Å². The molecular weight excluding hydrogens is 410 g/mol. The smallest absolute Gasteiger partial charge is 0.221 e. The summed E-state index contributed by atoms with van der Waals surface area (Å²) in [4.78, 5) is 38.5. The highest BCUT2D eigenvalue weighted by molar-refractivity contribution is 6.30. The van der Waals surface area contributed by atoms with E-state index in [2.05, 4.69) is 5.32 Å². The number of rotatable bonds is 7. The highest BCUT2D eigenvalue weighted by Crippen LogP contribution is 2.38. The third-order valence-electron chi connectivity index (χ3n) is 5.79. The number of hydrogen-bond donors (Lipinski definition) is 1. The number of benzene rings is 2. The van der Waals surface area contributed by atoms with Crippen LogP contribution in [0, 0.1) is 12.8 Å². The van der Waals surface area contributed by atoms with Gasteiger partial charge in [-0.05, 0) is 60.2 Å². The van der Waals surface area contributed by atoms with Crippen LogP contribution >= 0.6 is 11.6 Å². The molecule has 1 saturated carbocycles. The monoisotopic (exact) mass is 437 g/mol. The Morgan fingerprint density at radius 3 is 2.68 bits per heavy atom. The van der Waals surface area contributed by atoms with Gasteiger partial charge in [0.15, 0.2) is 5.78 Å². The lowest BCUT2D eigenvalue weighted by atomic mass is 9.84. The molecule has 0 spiro atoms. The predicted octanol–water partition coefficient (Wildman–Crippen LogP) is 5.19. The third kappa shape index (κ3) is 5.31. The maximum atomic E-state index is 13.2. The Morgan fingerprint density at radius 1 is 1.23 bits per heavy atom. The Hall–Kier alpha value is -2.72. The first kappa shape index (κ1) is 23.0. The molecule has 0 radical (unpaired) electrons. The standard InChI is InChI=1S/C26H28ClNO3/c1-4-7-17-10-16(3)24(19(5-2)11-17)25-22(29)13-20(26(25)31)14-23(30)28-15-18-8-6-9-21(27)12-18/h4,6-12,20,25H,5,13-15H2,1-3H3,(H,28,30)/b7-4+. The Morgan fingerprint density at radius 2 is 2.00 bits per heavy atom. The second kappa shape index (κ2) is 10.1. The van der Waals surface area contributed by atoms with Crippen LogP contribution in [-0.2, 0) is 27.3 Å². The van der Waals surface area contributed by atoms with E-state index in [-0.39, 0.29) is 30.3 Å². The number of Topliss-reactive ketones (excluding diaryl/α,β-unsaturated/α-hetero) is 2. The molecule has 1 aliphatic carbocycles. The van der Waals surface area contributed by atoms with E-state index in [1.807, 2.05) is 57.2 Å². The minimum atomic E-state index is -0.764. The first-order valence-electron chi connectivity index (χ1n) is 10.7. The van der Waals surface area contributed by atoms with Gasteiger partial charge in [0.1, 0.15) is 11.7 Å². The van der Waals surface area contributed by atoms with Gasteiger partial charge in [0.05, 0.1) is 0 Å². The van der Waals surface area contributed by atoms with Crippen molar-refractivity contribution in [1.29, 1.82) is 0 Å². The van der Waals surface area contributed by atoms with Crippen LogP contribution in [0.4, 0.5) is 0 Å². The van der Waals surface area contributed by atoms with E-state index in [0.717, 1.165) is 34.2 Å². The summed E-state index contributed by atoms with van der Waals surface area (Å²) >= 11 is 5.97. The Labute approximate surface area is 188 Å². The molecule has 2 aromatic rings. The van der Waals surface area contributed by atoms with E-state index >= 15 is 0 Å². The zero-order chi connectivity index (χ0) is 22.5. The summed E-state index contributed by atoms with van der Waals surface area (Å²) in [6.07, 6.45) is 4.87. The first-order valence-corrected chi connectivity index (χ1v) is 11.1. The van der Waals surface area contributed by atoms with Crippen molar-refractivity contribution in [3.05, 3.63) is 75.3 Å². The minimum absolute atomic E-state index is 0.0266. The average molecular weight is 438 g/mol. The molecule has 1 amide bonds. The number of ketones is 2. The molecule has 0 saturated heterocycles. The molecule has 3 rings (SSSR count). The number of allylic oxidation sites excluding steroid dienone is 1. The highest BCUT2D eigenvalue weighted by atomic mass is 35.5. The van der Waals surface area contributed by atoms with Gasteiger partial charge >= 0.3 is 0 Å². The third-order valence-corrected chi connectivity index (χ3v) is 6.03. The summed E-state index contributed by atoms with van der Waals surface area (Å²) in [5, 5.41) is 3.44. The van der Waals surface area contributed by atoms with Crippen LogP contribution in [0.5, 0.6) is 0 Å². The van der Waals surface area contributed by atoms with Gasteiger partial charge in [-0.2, -0.15) is 0 Å². The lowest BCUT2D eigenvalue weighted by molar-refractivity contribution is -0.128. The number of halogens is 1. The molecule has 0 aliphatic heterocycles. The van der Waals surface area contributed by atoms with Crippen LogP contribution in [-0.4, -0.2) is 17.5 Å². The molecule has 5 heteroatoms. The van der Waals surface area contributed by atoms with E-state index in [1.165, 1.54) is 0 Å². The molecule has 31 heavy (non-hydrogen) atoms. The fourth-order valence-corrected chi connectivity index (χ4v) is 4.58. The summed E-state index contributed by atoms with van der Waals surface area (Å²) in [6.45, 7) is 6.28. The molecule has 1 N–H and O–H groups in total. The molecular formula is C26H28ClNO3. The number of nitrogens with one attached hydrogen (secondary N) is 1. The van der Waals surface area contributed by atoms with Crippen molar-refractivity contribution in [1.82, 2.24) is 5.32 Å². The fraction of sp³-hybridized carbons (Fsp3) is 0.346. The van der Waals surface area contributed by atoms with Gasteiger partial charge in [-0.3, -0.25) is 14.4 Å². The predicted molar refractivity (Wildman–Crippen MR) is 124 cm³/mol. The van der Waals surface area contributed by atoms with Crippen LogP contribution in [0.1, 0.15) is 60.4 Å². The summed E-state index contributed by atoms with van der Waals surface area (Å²) in [5.41, 5.74) is 4.75. The van der Waals surface area contributed by atoms with Crippen LogP contribution in [0.25, 0.3) is 6.08 Å². The second-order valence-corrected chi connectivity index (χ2v) is 8.51. The second-order valence-electron chi connectivity index (χ2n) is 8.08. The number of aryl methyl sites for hydroxylation is 2. The Bertz CT molecular complexity index is 1040. The molecule has 0 aromatic heterocycles. The van der Waals surface area contributed by atoms with Gasteiger partial charge in [-0.1, -0.05) is 54.9 Å². The largest absolute Gasteiger partial charge is 0.352 e. The number of carbonyl (C=O) groups excluding carboxylic acids is 3. The highest BCUT2D eigenvalue weighted by Gasteiger charge is 2.44. The lowest BCUT2D eigenvalue weighted by Gasteiger charge is -2.18. The number of amides is 1. The van der Waals surface area contributed by atoms with Crippen LogP contribution in [0.3, 0.4) is 0 Å². The van der Waals surface area contributed by atoms with Gasteiger partial charge in [0.2, 0.25) is 5.91 Å². The maximum absolute atomic E-state index is 13.2. The van der Waals surface area contributed by atoms with Crippen LogP contribution in [0.15, 0.2) is 42.5 Å². The SMILES string of the molecule is C/C=C/c1cc(C)c(C2C(=O)CC(CC(=O)NCc3cccc(Cl)c3)C2=O)c(CC)c1. The summed E-state index contributed by atoms with van der Waals surface area (Å²) in [5.74, 6) is -1.80. The Kier molecular flexibility index (Phi) is 7.45. The van der Waals surface area contributed by atoms with Gasteiger partial charge in [-0.25, -0.2) is 0 Å². The molecule has 0 heterocycles. The minimum Gasteiger partial charge on any atom is -0.352 e. The summed E-state index contributed by atoms with van der Waals surface area (Å²) in [6, 6.07) is 11.3. The van der Waals surface area contributed by atoms with Crippen LogP contribution < -0.4 is 5.32 Å². The topological polar surface area (TPSA) is 63.2 Å². The maximum Gasteiger partial charge on any atom is 0.221 e. The summed E-state index contributed by atoms with van der Waals surface area (Å²) < 4.78 is 0. The first-order chi connectivity index (χ1) is 14.8. The average Bonchev–Trinajstić information content (AvgIpc) is 2.99. The quantitative estimate of drug-likeness (QED) is 0.606. The van der Waals surface area contributed by atoms with Crippen molar-refractivity contribution >= 4 is 35.2 Å². The molecule has 2 unspecified atom stereocenters. The van der Waals surface area contributed by atoms with E-state index in [1.54, 1.807) is 12.1 Å². The van der Waals surface area contributed by atoms with Crippen molar-refractivity contribution < 1.29 is 14.4 Å². The van der Waals surface area contributed by atoms with E-state index < -0.39 is 11.8 Å². The van der Waals surface area contributed by atoms with Crippen molar-refractivity contribution in [2.75, 3.05) is 0 Å². The fourth-order valence-electron chi connectivity index (χ4n) is 4.37. The van der Waals surface area contributed by atoms with Gasteiger partial charge < -0.3 is 5.32 Å². The molecule has 1 fully saturated rings. The lowest BCUT2D eigenvalue weighted by Crippen LogP contribution is -2.27. The van der Waals surface area contributed by atoms with Crippen molar-refractivity contribution in [3.8, 4) is 0 Å². The van der Waals surface area contributed by atoms with Gasteiger partial charge in [-0.15, -0.1) is 0 Å². The van der Waals surface area contributed by atoms with Gasteiger partial charge in [0.25, 0.3) is 0 Å². The van der Waals surface area contributed by atoms with Gasteiger partial charge in [0, 0.05) is 30.3 Å². The molecule has 2 atom stereocenters. The van der Waals surface area contributed by atoms with Crippen LogP contribution in [0.2, 0.25) is 5.02 Å². The normalized spacial score (nSPS) is 18.7.